The maximum absolute atomic E-state index is 11.8. The Bertz CT molecular complexity index is 350. The lowest BCUT2D eigenvalue weighted by atomic mass is 9.96. The summed E-state index contributed by atoms with van der Waals surface area (Å²) in [6.07, 6.45) is 5.46. The van der Waals surface area contributed by atoms with Crippen LogP contribution >= 0.6 is 0 Å². The third-order valence-corrected chi connectivity index (χ3v) is 3.71. The van der Waals surface area contributed by atoms with E-state index in [2.05, 4.69) is 11.7 Å². The van der Waals surface area contributed by atoms with Gasteiger partial charge in [0.25, 0.3) is 0 Å². The molecule has 0 N–H and O–H groups in total. The van der Waals surface area contributed by atoms with Crippen molar-refractivity contribution in [3.05, 3.63) is 0 Å². The van der Waals surface area contributed by atoms with E-state index in [4.69, 9.17) is 4.74 Å². The molecule has 0 aromatic heterocycles. The van der Waals surface area contributed by atoms with Gasteiger partial charge in [-0.25, -0.2) is 0 Å². The second-order valence-electron chi connectivity index (χ2n) is 5.24. The molecule has 0 aromatic rings. The molecule has 0 heterocycles. The molecule has 1 rings (SSSR count). The lowest BCUT2D eigenvalue weighted by Gasteiger charge is -2.18. The minimum absolute atomic E-state index is 0.178. The van der Waals surface area contributed by atoms with Crippen molar-refractivity contribution in [1.82, 2.24) is 0 Å². The number of methoxy groups -OCH3 is 1. The number of ether oxygens (including phenoxy) is 2. The summed E-state index contributed by atoms with van der Waals surface area (Å²) in [6.45, 7) is 2.14. The van der Waals surface area contributed by atoms with Crippen LogP contribution in [0.5, 0.6) is 0 Å². The molecule has 20 heavy (non-hydrogen) atoms. The van der Waals surface area contributed by atoms with E-state index in [1.807, 2.05) is 0 Å². The largest absolute Gasteiger partial charge is 0.469 e. The Morgan fingerprint density at radius 3 is 2.60 bits per heavy atom. The van der Waals surface area contributed by atoms with Crippen molar-refractivity contribution in [3.63, 3.8) is 0 Å². The average molecular weight is 284 g/mol. The van der Waals surface area contributed by atoms with E-state index in [9.17, 15) is 14.4 Å². The summed E-state index contributed by atoms with van der Waals surface area (Å²) in [5.74, 6) is -1.22. The quantitative estimate of drug-likeness (QED) is 0.389. The lowest BCUT2D eigenvalue weighted by Crippen LogP contribution is -2.26. The third-order valence-electron chi connectivity index (χ3n) is 3.71. The van der Waals surface area contributed by atoms with Gasteiger partial charge in [0.1, 0.15) is 18.3 Å². The predicted molar refractivity (Wildman–Crippen MR) is 73.0 cm³/mol. The monoisotopic (exact) mass is 284 g/mol. The molecule has 0 radical (unpaired) electrons. The van der Waals surface area contributed by atoms with Gasteiger partial charge in [-0.1, -0.05) is 32.6 Å². The SMILES string of the molecule is CCCCCCC1C(=O)CCC1OC(=O)CC(=O)OC. The molecular weight excluding hydrogens is 260 g/mol. The van der Waals surface area contributed by atoms with E-state index in [-0.39, 0.29) is 24.2 Å². The molecule has 114 valence electrons. The highest BCUT2D eigenvalue weighted by atomic mass is 16.6. The zero-order valence-corrected chi connectivity index (χ0v) is 12.4. The summed E-state index contributed by atoms with van der Waals surface area (Å²) >= 11 is 0. The van der Waals surface area contributed by atoms with Crippen molar-refractivity contribution < 1.29 is 23.9 Å². The molecule has 1 aliphatic rings. The molecule has 1 saturated carbocycles. The Hall–Kier alpha value is -1.39. The van der Waals surface area contributed by atoms with Crippen LogP contribution in [0.1, 0.15) is 58.3 Å². The molecule has 1 aliphatic carbocycles. The van der Waals surface area contributed by atoms with Gasteiger partial charge < -0.3 is 9.47 Å². The van der Waals surface area contributed by atoms with Crippen LogP contribution in [-0.4, -0.2) is 30.9 Å². The van der Waals surface area contributed by atoms with Crippen LogP contribution in [0.3, 0.4) is 0 Å². The predicted octanol–water partition coefficient (Wildman–Crippen LogP) is 2.41. The number of Topliss-reactive ketones (excluding diaryl/α,β-unsaturated/α-hetero) is 1. The molecule has 2 unspecified atom stereocenters. The Morgan fingerprint density at radius 1 is 1.20 bits per heavy atom. The van der Waals surface area contributed by atoms with Gasteiger partial charge in [-0.05, 0) is 12.8 Å². The van der Waals surface area contributed by atoms with Crippen molar-refractivity contribution in [2.24, 2.45) is 5.92 Å². The van der Waals surface area contributed by atoms with Gasteiger partial charge in [-0.15, -0.1) is 0 Å². The van der Waals surface area contributed by atoms with E-state index in [1.165, 1.54) is 7.11 Å². The number of unbranched alkanes of at least 4 members (excludes halogenated alkanes) is 3. The van der Waals surface area contributed by atoms with Crippen LogP contribution in [0.15, 0.2) is 0 Å². The molecule has 2 atom stereocenters. The number of hydrogen-bond acceptors (Lipinski definition) is 5. The summed E-state index contributed by atoms with van der Waals surface area (Å²) in [5.41, 5.74) is 0. The van der Waals surface area contributed by atoms with Gasteiger partial charge in [-0.3, -0.25) is 14.4 Å². The number of rotatable bonds is 8. The smallest absolute Gasteiger partial charge is 0.317 e. The zero-order chi connectivity index (χ0) is 15.0. The van der Waals surface area contributed by atoms with Crippen LogP contribution in [0.25, 0.3) is 0 Å². The fourth-order valence-electron chi connectivity index (χ4n) is 2.56. The second-order valence-corrected chi connectivity index (χ2v) is 5.24. The van der Waals surface area contributed by atoms with Gasteiger partial charge >= 0.3 is 11.9 Å². The molecule has 0 aromatic carbocycles. The van der Waals surface area contributed by atoms with Crippen LogP contribution in [0.4, 0.5) is 0 Å². The Balaban J connectivity index is 2.40. The number of carbonyl (C=O) groups excluding carboxylic acids is 3. The van der Waals surface area contributed by atoms with Crippen LogP contribution in [0, 0.1) is 5.92 Å². The summed E-state index contributed by atoms with van der Waals surface area (Å²) in [7, 11) is 1.23. The first-order valence-corrected chi connectivity index (χ1v) is 7.37. The molecule has 1 fully saturated rings. The highest BCUT2D eigenvalue weighted by molar-refractivity contribution is 5.91. The van der Waals surface area contributed by atoms with Gasteiger partial charge in [-0.2, -0.15) is 0 Å². The van der Waals surface area contributed by atoms with E-state index >= 15 is 0 Å². The standard InChI is InChI=1S/C15H24O5/c1-3-4-5-6-7-11-12(16)8-9-13(11)20-15(18)10-14(17)19-2/h11,13H,3-10H2,1-2H3. The summed E-state index contributed by atoms with van der Waals surface area (Å²) in [6, 6.07) is 0. The van der Waals surface area contributed by atoms with Gasteiger partial charge in [0, 0.05) is 6.42 Å². The number of carbonyl (C=O) groups is 3. The molecular formula is C15H24O5. The van der Waals surface area contributed by atoms with Crippen molar-refractivity contribution in [2.75, 3.05) is 7.11 Å². The summed E-state index contributed by atoms with van der Waals surface area (Å²) in [5, 5.41) is 0. The van der Waals surface area contributed by atoms with E-state index in [1.54, 1.807) is 0 Å². The second kappa shape index (κ2) is 8.72. The maximum atomic E-state index is 11.8. The fourth-order valence-corrected chi connectivity index (χ4v) is 2.56. The lowest BCUT2D eigenvalue weighted by molar-refractivity contribution is -0.157. The first-order chi connectivity index (χ1) is 9.58. The third kappa shape index (κ3) is 5.31. The average Bonchev–Trinajstić information content (AvgIpc) is 2.75. The van der Waals surface area contributed by atoms with Gasteiger partial charge in [0.15, 0.2) is 0 Å². The molecule has 0 bridgehead atoms. The highest BCUT2D eigenvalue weighted by Gasteiger charge is 2.36. The minimum atomic E-state index is -0.612. The normalized spacial score (nSPS) is 21.8. The topological polar surface area (TPSA) is 69.7 Å². The summed E-state index contributed by atoms with van der Waals surface area (Å²) in [4.78, 5) is 34.4. The Kier molecular flexibility index (Phi) is 7.26. The molecule has 5 heteroatoms. The van der Waals surface area contributed by atoms with Crippen molar-refractivity contribution in [1.29, 1.82) is 0 Å². The number of ketones is 1. The maximum Gasteiger partial charge on any atom is 0.317 e. The highest BCUT2D eigenvalue weighted by Crippen LogP contribution is 2.30. The van der Waals surface area contributed by atoms with Crippen molar-refractivity contribution in [3.8, 4) is 0 Å². The van der Waals surface area contributed by atoms with Crippen molar-refractivity contribution in [2.45, 2.75) is 64.4 Å². The fraction of sp³-hybridized carbons (Fsp3) is 0.800. The first kappa shape index (κ1) is 16.7. The van der Waals surface area contributed by atoms with Gasteiger partial charge in [0.2, 0.25) is 0 Å². The molecule has 0 aliphatic heterocycles. The van der Waals surface area contributed by atoms with Crippen molar-refractivity contribution >= 4 is 17.7 Å². The molecule has 0 amide bonds. The summed E-state index contributed by atoms with van der Waals surface area (Å²) < 4.78 is 9.68. The van der Waals surface area contributed by atoms with Crippen LogP contribution in [-0.2, 0) is 23.9 Å². The Morgan fingerprint density at radius 2 is 1.95 bits per heavy atom. The molecule has 0 saturated heterocycles. The van der Waals surface area contributed by atoms with Crippen LogP contribution < -0.4 is 0 Å². The number of esters is 2. The number of hydrogen-bond donors (Lipinski definition) is 0. The van der Waals surface area contributed by atoms with E-state index in [0.717, 1.165) is 32.1 Å². The van der Waals surface area contributed by atoms with Gasteiger partial charge in [0.05, 0.1) is 13.0 Å². The zero-order valence-electron chi connectivity index (χ0n) is 12.4. The first-order valence-electron chi connectivity index (χ1n) is 7.37. The van der Waals surface area contributed by atoms with E-state index < -0.39 is 11.9 Å². The minimum Gasteiger partial charge on any atom is -0.469 e. The molecule has 0 spiro atoms. The van der Waals surface area contributed by atoms with Crippen LogP contribution in [0.2, 0.25) is 0 Å². The van der Waals surface area contributed by atoms with E-state index in [0.29, 0.717) is 12.8 Å². The molecule has 5 nitrogen and oxygen atoms in total. The Labute approximate surface area is 120 Å².